The number of carbonyl (C=O) groups excluding carboxylic acids is 1. The maximum atomic E-state index is 11.6. The van der Waals surface area contributed by atoms with E-state index >= 15 is 0 Å². The van der Waals surface area contributed by atoms with Crippen LogP contribution in [0.1, 0.15) is 16.8 Å². The molecule has 0 spiro atoms. The van der Waals surface area contributed by atoms with Gasteiger partial charge in [-0.1, -0.05) is 0 Å². The van der Waals surface area contributed by atoms with Crippen molar-refractivity contribution in [1.29, 1.82) is 0 Å². The first kappa shape index (κ1) is 11.3. The third kappa shape index (κ3) is 2.87. The van der Waals surface area contributed by atoms with E-state index < -0.39 is 0 Å². The number of nitrogens with zero attached hydrogens (tertiary/aromatic N) is 4. The lowest BCUT2D eigenvalue weighted by Crippen LogP contribution is -2.11. The first-order valence-corrected chi connectivity index (χ1v) is 5.17. The number of hydrogen-bond acceptors (Lipinski definition) is 5. The number of rotatable bonds is 4. The Morgan fingerprint density at radius 3 is 2.76 bits per heavy atom. The van der Waals surface area contributed by atoms with Crippen molar-refractivity contribution >= 4 is 5.91 Å². The van der Waals surface area contributed by atoms with Crippen LogP contribution < -0.4 is 4.74 Å². The summed E-state index contributed by atoms with van der Waals surface area (Å²) in [4.78, 5) is 19.6. The van der Waals surface area contributed by atoms with Crippen LogP contribution in [0.15, 0.2) is 30.9 Å². The zero-order valence-corrected chi connectivity index (χ0v) is 9.41. The molecule has 0 unspecified atom stereocenters. The Morgan fingerprint density at radius 1 is 1.41 bits per heavy atom. The maximum Gasteiger partial charge on any atom is 0.316 e. The van der Waals surface area contributed by atoms with E-state index in [1.807, 2.05) is 0 Å². The molecule has 0 N–H and O–H groups in total. The first-order valence-electron chi connectivity index (χ1n) is 5.17. The highest BCUT2D eigenvalue weighted by Gasteiger charge is 2.05. The molecule has 6 heteroatoms. The van der Waals surface area contributed by atoms with E-state index in [0.29, 0.717) is 18.9 Å². The number of ether oxygens (including phenoxy) is 1. The van der Waals surface area contributed by atoms with Crippen molar-refractivity contribution in [2.45, 2.75) is 12.8 Å². The Bertz CT molecular complexity index is 479. The first-order chi connectivity index (χ1) is 8.29. The normalized spacial score (nSPS) is 10.2. The van der Waals surface area contributed by atoms with Gasteiger partial charge in [-0.3, -0.25) is 4.79 Å². The Labute approximate surface area is 98.3 Å². The summed E-state index contributed by atoms with van der Waals surface area (Å²) < 4.78 is 6.17. The minimum absolute atomic E-state index is 0.0502. The molecule has 88 valence electrons. The molecular weight excluding hydrogens is 220 g/mol. The highest BCUT2D eigenvalue weighted by Crippen LogP contribution is 2.05. The third-order valence-electron chi connectivity index (χ3n) is 2.25. The predicted molar refractivity (Wildman–Crippen MR) is 59.8 cm³/mol. The van der Waals surface area contributed by atoms with Crippen LogP contribution in [0.25, 0.3) is 0 Å². The molecule has 0 saturated heterocycles. The van der Waals surface area contributed by atoms with Crippen molar-refractivity contribution in [3.8, 4) is 6.01 Å². The lowest BCUT2D eigenvalue weighted by Gasteiger charge is -2.01. The van der Waals surface area contributed by atoms with Gasteiger partial charge in [-0.2, -0.15) is 5.10 Å². The van der Waals surface area contributed by atoms with Crippen molar-refractivity contribution in [2.24, 2.45) is 0 Å². The maximum absolute atomic E-state index is 11.6. The molecule has 6 nitrogen and oxygen atoms in total. The Hall–Kier alpha value is -2.24. The van der Waals surface area contributed by atoms with E-state index in [1.165, 1.54) is 11.8 Å². The molecular formula is C11H12N4O2. The molecule has 0 aliphatic heterocycles. The summed E-state index contributed by atoms with van der Waals surface area (Å²) in [7, 11) is 1.51. The van der Waals surface area contributed by atoms with Gasteiger partial charge in [-0.05, 0) is 18.1 Å². The second-order valence-corrected chi connectivity index (χ2v) is 3.42. The zero-order valence-electron chi connectivity index (χ0n) is 9.41. The van der Waals surface area contributed by atoms with Gasteiger partial charge >= 0.3 is 6.01 Å². The summed E-state index contributed by atoms with van der Waals surface area (Å²) >= 11 is 0. The summed E-state index contributed by atoms with van der Waals surface area (Å²) in [5.74, 6) is -0.0502. The fourth-order valence-electron chi connectivity index (χ4n) is 1.36. The van der Waals surface area contributed by atoms with E-state index in [2.05, 4.69) is 15.1 Å². The van der Waals surface area contributed by atoms with Gasteiger partial charge < -0.3 is 4.74 Å². The van der Waals surface area contributed by atoms with Crippen molar-refractivity contribution in [2.75, 3.05) is 7.11 Å². The number of aryl methyl sites for hydroxylation is 1. The summed E-state index contributed by atoms with van der Waals surface area (Å²) in [6, 6.07) is 2.04. The standard InChI is InChI=1S/C11H12N4O2/c1-17-11-12-7-9(8-13-11)3-4-10(16)15-6-2-5-14-15/h2,5-8H,3-4H2,1H3. The van der Waals surface area contributed by atoms with E-state index in [4.69, 9.17) is 4.74 Å². The van der Waals surface area contributed by atoms with Crippen LogP contribution in [-0.2, 0) is 6.42 Å². The summed E-state index contributed by atoms with van der Waals surface area (Å²) in [6.07, 6.45) is 7.48. The molecule has 0 atom stereocenters. The topological polar surface area (TPSA) is 69.9 Å². The van der Waals surface area contributed by atoms with Crippen LogP contribution >= 0.6 is 0 Å². The van der Waals surface area contributed by atoms with E-state index in [-0.39, 0.29) is 5.91 Å². The number of carbonyl (C=O) groups is 1. The molecule has 0 saturated carbocycles. The van der Waals surface area contributed by atoms with Gasteiger partial charge in [-0.15, -0.1) is 0 Å². The van der Waals surface area contributed by atoms with Gasteiger partial charge in [-0.25, -0.2) is 14.6 Å². The smallest absolute Gasteiger partial charge is 0.316 e. The van der Waals surface area contributed by atoms with Crippen molar-refractivity contribution in [3.05, 3.63) is 36.4 Å². The van der Waals surface area contributed by atoms with Gasteiger partial charge in [0.05, 0.1) is 7.11 Å². The van der Waals surface area contributed by atoms with Gasteiger partial charge in [0.25, 0.3) is 0 Å². The highest BCUT2D eigenvalue weighted by molar-refractivity contribution is 5.77. The molecule has 2 aromatic rings. The molecule has 0 radical (unpaired) electrons. The molecule has 2 heterocycles. The predicted octanol–water partition coefficient (Wildman–Crippen LogP) is 0.955. The molecule has 0 aliphatic rings. The fourth-order valence-corrected chi connectivity index (χ4v) is 1.36. The highest BCUT2D eigenvalue weighted by atomic mass is 16.5. The summed E-state index contributed by atoms with van der Waals surface area (Å²) in [6.45, 7) is 0. The molecule has 0 aromatic carbocycles. The lowest BCUT2D eigenvalue weighted by molar-refractivity contribution is 0.0887. The van der Waals surface area contributed by atoms with Gasteiger partial charge in [0.15, 0.2) is 0 Å². The SMILES string of the molecule is COc1ncc(CCC(=O)n2cccn2)cn1. The van der Waals surface area contributed by atoms with Crippen molar-refractivity contribution < 1.29 is 9.53 Å². The van der Waals surface area contributed by atoms with E-state index in [9.17, 15) is 4.79 Å². The molecule has 0 amide bonds. The second-order valence-electron chi connectivity index (χ2n) is 3.42. The van der Waals surface area contributed by atoms with Crippen LogP contribution in [0.5, 0.6) is 6.01 Å². The van der Waals surface area contributed by atoms with Crippen LogP contribution in [0.4, 0.5) is 0 Å². The Morgan fingerprint density at radius 2 is 2.18 bits per heavy atom. The largest absolute Gasteiger partial charge is 0.467 e. The third-order valence-corrected chi connectivity index (χ3v) is 2.25. The number of aromatic nitrogens is 4. The second kappa shape index (κ2) is 5.20. The average molecular weight is 232 g/mol. The summed E-state index contributed by atoms with van der Waals surface area (Å²) in [5.41, 5.74) is 0.895. The van der Waals surface area contributed by atoms with Crippen molar-refractivity contribution in [1.82, 2.24) is 19.7 Å². The molecule has 0 fully saturated rings. The van der Waals surface area contributed by atoms with Crippen molar-refractivity contribution in [3.63, 3.8) is 0 Å². The van der Waals surface area contributed by atoms with Gasteiger partial charge in [0, 0.05) is 31.2 Å². The minimum atomic E-state index is -0.0502. The number of hydrogen-bond donors (Lipinski definition) is 0. The van der Waals surface area contributed by atoms with Crippen LogP contribution in [-0.4, -0.2) is 32.8 Å². The molecule has 0 bridgehead atoms. The Balaban J connectivity index is 1.91. The molecule has 2 aromatic heterocycles. The molecule has 2 rings (SSSR count). The quantitative estimate of drug-likeness (QED) is 0.785. The fraction of sp³-hybridized carbons (Fsp3) is 0.273. The average Bonchev–Trinajstić information content (AvgIpc) is 2.90. The lowest BCUT2D eigenvalue weighted by atomic mass is 10.2. The Kier molecular flexibility index (Phi) is 3.44. The van der Waals surface area contributed by atoms with E-state index in [1.54, 1.807) is 30.9 Å². The van der Waals surface area contributed by atoms with E-state index in [0.717, 1.165) is 5.56 Å². The number of methoxy groups -OCH3 is 1. The van der Waals surface area contributed by atoms with Gasteiger partial charge in [0.1, 0.15) is 0 Å². The van der Waals surface area contributed by atoms with Crippen LogP contribution in [0, 0.1) is 0 Å². The monoisotopic (exact) mass is 232 g/mol. The molecule has 0 aliphatic carbocycles. The van der Waals surface area contributed by atoms with Crippen LogP contribution in [0.3, 0.4) is 0 Å². The zero-order chi connectivity index (χ0) is 12.1. The summed E-state index contributed by atoms with van der Waals surface area (Å²) in [5, 5.41) is 3.87. The molecule has 17 heavy (non-hydrogen) atoms. The van der Waals surface area contributed by atoms with Gasteiger partial charge in [0.2, 0.25) is 5.91 Å². The minimum Gasteiger partial charge on any atom is -0.467 e. The van der Waals surface area contributed by atoms with Crippen LogP contribution in [0.2, 0.25) is 0 Å².